The zero-order valence-corrected chi connectivity index (χ0v) is 16.3. The molecule has 0 spiro atoms. The Labute approximate surface area is 164 Å². The predicted octanol–water partition coefficient (Wildman–Crippen LogP) is 3.21. The average molecular weight is 390 g/mol. The summed E-state index contributed by atoms with van der Waals surface area (Å²) in [6.07, 6.45) is 1.76. The maximum absolute atomic E-state index is 9.98. The highest BCUT2D eigenvalue weighted by Gasteiger charge is 2.16. The molecule has 0 atom stereocenters. The van der Waals surface area contributed by atoms with Crippen LogP contribution in [0.5, 0.6) is 17.2 Å². The number of phenolic OH excluding ortho intramolecular Hbond substituents is 1. The first-order valence-electron chi connectivity index (χ1n) is 8.79. The van der Waals surface area contributed by atoms with Crippen LogP contribution in [0.15, 0.2) is 41.5 Å². The van der Waals surface area contributed by atoms with Gasteiger partial charge in [-0.3, -0.25) is 9.91 Å². The number of hydrogen-bond donors (Lipinski definition) is 1. The lowest BCUT2D eigenvalue weighted by molar-refractivity contribution is 0.131. The summed E-state index contributed by atoms with van der Waals surface area (Å²) in [6.45, 7) is 4.53. The number of rotatable bonds is 6. The first-order chi connectivity index (χ1) is 13.1. The van der Waals surface area contributed by atoms with E-state index in [1.54, 1.807) is 18.3 Å². The van der Waals surface area contributed by atoms with E-state index in [9.17, 15) is 5.11 Å². The van der Waals surface area contributed by atoms with Gasteiger partial charge >= 0.3 is 0 Å². The van der Waals surface area contributed by atoms with Crippen LogP contribution in [0.25, 0.3) is 0 Å². The van der Waals surface area contributed by atoms with Crippen molar-refractivity contribution in [2.45, 2.75) is 6.54 Å². The number of nitrogens with zero attached hydrogens (tertiary/aromatic N) is 3. The number of phenols is 1. The van der Waals surface area contributed by atoms with E-state index in [0.717, 1.165) is 43.3 Å². The molecule has 3 rings (SSSR count). The molecule has 27 heavy (non-hydrogen) atoms. The highest BCUT2D eigenvalue weighted by atomic mass is 35.5. The molecule has 1 aliphatic rings. The number of benzene rings is 2. The van der Waals surface area contributed by atoms with Crippen molar-refractivity contribution in [3.8, 4) is 17.2 Å². The van der Waals surface area contributed by atoms with Gasteiger partial charge in [0.25, 0.3) is 0 Å². The molecule has 0 unspecified atom stereocenters. The van der Waals surface area contributed by atoms with Crippen molar-refractivity contribution in [3.63, 3.8) is 0 Å². The van der Waals surface area contributed by atoms with Crippen molar-refractivity contribution >= 4 is 17.8 Å². The average Bonchev–Trinajstić information content (AvgIpc) is 2.70. The van der Waals surface area contributed by atoms with E-state index in [2.05, 4.69) is 22.1 Å². The second kappa shape index (κ2) is 8.97. The third kappa shape index (κ3) is 5.05. The second-order valence-corrected chi connectivity index (χ2v) is 6.81. The molecule has 2 aromatic carbocycles. The summed E-state index contributed by atoms with van der Waals surface area (Å²) in [5.41, 5.74) is 2.07. The quantitative estimate of drug-likeness (QED) is 0.769. The van der Waals surface area contributed by atoms with E-state index in [1.807, 2.05) is 17.1 Å². The van der Waals surface area contributed by atoms with Gasteiger partial charge in [0.15, 0.2) is 11.5 Å². The summed E-state index contributed by atoms with van der Waals surface area (Å²) in [5.74, 6) is 0.722. The molecule has 0 bridgehead atoms. The van der Waals surface area contributed by atoms with Crippen LogP contribution in [0.4, 0.5) is 0 Å². The first-order valence-corrected chi connectivity index (χ1v) is 9.17. The minimum Gasteiger partial charge on any atom is -0.502 e. The highest BCUT2D eigenvalue weighted by molar-refractivity contribution is 6.30. The van der Waals surface area contributed by atoms with Crippen LogP contribution >= 0.6 is 11.6 Å². The highest BCUT2D eigenvalue weighted by Crippen LogP contribution is 2.36. The van der Waals surface area contributed by atoms with Crippen molar-refractivity contribution in [3.05, 3.63) is 52.5 Å². The van der Waals surface area contributed by atoms with Crippen LogP contribution in [0, 0.1) is 0 Å². The molecule has 144 valence electrons. The molecule has 1 aliphatic heterocycles. The first kappa shape index (κ1) is 19.3. The maximum atomic E-state index is 9.98. The monoisotopic (exact) mass is 389 g/mol. The van der Waals surface area contributed by atoms with Crippen molar-refractivity contribution < 1.29 is 14.6 Å². The van der Waals surface area contributed by atoms with Crippen LogP contribution in [-0.4, -0.2) is 61.6 Å². The zero-order valence-electron chi connectivity index (χ0n) is 15.6. The molecule has 7 heteroatoms. The molecule has 6 nitrogen and oxygen atoms in total. The van der Waals surface area contributed by atoms with Gasteiger partial charge in [-0.15, -0.1) is 0 Å². The molecule has 0 aromatic heterocycles. The third-order valence-electron chi connectivity index (χ3n) is 4.54. The fourth-order valence-electron chi connectivity index (χ4n) is 3.00. The number of halogens is 1. The van der Waals surface area contributed by atoms with Gasteiger partial charge in [0.2, 0.25) is 5.75 Å². The summed E-state index contributed by atoms with van der Waals surface area (Å²) in [4.78, 5) is 2.40. The summed E-state index contributed by atoms with van der Waals surface area (Å²) in [6, 6.07) is 11.5. The Morgan fingerprint density at radius 1 is 1.04 bits per heavy atom. The molecule has 1 fully saturated rings. The minimum atomic E-state index is -0.00652. The Morgan fingerprint density at radius 3 is 2.19 bits per heavy atom. The third-order valence-corrected chi connectivity index (χ3v) is 4.79. The van der Waals surface area contributed by atoms with Gasteiger partial charge in [-0.25, -0.2) is 0 Å². The van der Waals surface area contributed by atoms with E-state index in [0.29, 0.717) is 11.5 Å². The number of aromatic hydroxyl groups is 1. The molecule has 1 saturated heterocycles. The molecule has 1 N–H and O–H groups in total. The van der Waals surface area contributed by atoms with Crippen LogP contribution in [0.1, 0.15) is 11.1 Å². The van der Waals surface area contributed by atoms with Gasteiger partial charge in [-0.1, -0.05) is 23.7 Å². The molecule has 0 radical (unpaired) electrons. The molecule has 2 aromatic rings. The van der Waals surface area contributed by atoms with Crippen LogP contribution < -0.4 is 9.47 Å². The lowest BCUT2D eigenvalue weighted by Crippen LogP contribution is -2.43. The number of piperazine rings is 1. The van der Waals surface area contributed by atoms with E-state index >= 15 is 0 Å². The Bertz CT molecular complexity index is 763. The van der Waals surface area contributed by atoms with Crippen LogP contribution in [0.3, 0.4) is 0 Å². The summed E-state index contributed by atoms with van der Waals surface area (Å²) >= 11 is 5.94. The number of methoxy groups -OCH3 is 2. The Balaban J connectivity index is 1.56. The van der Waals surface area contributed by atoms with E-state index < -0.39 is 0 Å². The Kier molecular flexibility index (Phi) is 6.42. The SMILES string of the molecule is COc1cc(/C=N/N2CCN(Cc3ccc(Cl)cc3)CC2)cc(OC)c1O. The summed E-state index contributed by atoms with van der Waals surface area (Å²) in [5, 5.41) is 17.3. The number of ether oxygens (including phenoxy) is 2. The Morgan fingerprint density at radius 2 is 1.63 bits per heavy atom. The van der Waals surface area contributed by atoms with Gasteiger partial charge in [0.1, 0.15) is 0 Å². The Hall–Kier alpha value is -2.44. The molecule has 0 saturated carbocycles. The smallest absolute Gasteiger partial charge is 0.200 e. The topological polar surface area (TPSA) is 57.5 Å². The summed E-state index contributed by atoms with van der Waals surface area (Å²) in [7, 11) is 3.02. The minimum absolute atomic E-state index is 0.00652. The van der Waals surface area contributed by atoms with Crippen molar-refractivity contribution in [1.29, 1.82) is 0 Å². The van der Waals surface area contributed by atoms with Crippen molar-refractivity contribution in [2.24, 2.45) is 5.10 Å². The van der Waals surface area contributed by atoms with Gasteiger partial charge in [0.05, 0.1) is 20.4 Å². The van der Waals surface area contributed by atoms with Crippen molar-refractivity contribution in [1.82, 2.24) is 9.91 Å². The number of hydrazone groups is 1. The van der Waals surface area contributed by atoms with Gasteiger partial charge in [0, 0.05) is 43.3 Å². The lowest BCUT2D eigenvalue weighted by atomic mass is 10.2. The molecule has 0 amide bonds. The van der Waals surface area contributed by atoms with Gasteiger partial charge < -0.3 is 14.6 Å². The maximum Gasteiger partial charge on any atom is 0.200 e. The lowest BCUT2D eigenvalue weighted by Gasteiger charge is -2.33. The van der Waals surface area contributed by atoms with E-state index in [1.165, 1.54) is 19.8 Å². The molecular formula is C20H24ClN3O3. The van der Waals surface area contributed by atoms with Gasteiger partial charge in [-0.2, -0.15) is 5.10 Å². The van der Waals surface area contributed by atoms with E-state index in [4.69, 9.17) is 21.1 Å². The largest absolute Gasteiger partial charge is 0.502 e. The fourth-order valence-corrected chi connectivity index (χ4v) is 3.12. The van der Waals surface area contributed by atoms with Crippen LogP contribution in [-0.2, 0) is 6.54 Å². The van der Waals surface area contributed by atoms with Gasteiger partial charge in [-0.05, 0) is 29.8 Å². The molecule has 0 aliphatic carbocycles. The van der Waals surface area contributed by atoms with E-state index in [-0.39, 0.29) is 5.75 Å². The second-order valence-electron chi connectivity index (χ2n) is 6.37. The molecule has 1 heterocycles. The van der Waals surface area contributed by atoms with Crippen LogP contribution in [0.2, 0.25) is 5.02 Å². The fraction of sp³-hybridized carbons (Fsp3) is 0.350. The predicted molar refractivity (Wildman–Crippen MR) is 107 cm³/mol. The normalized spacial score (nSPS) is 15.3. The van der Waals surface area contributed by atoms with Crippen molar-refractivity contribution in [2.75, 3.05) is 40.4 Å². The standard InChI is InChI=1S/C20H24ClN3O3/c1-26-18-11-16(12-19(27-2)20(18)25)13-22-24-9-7-23(8-10-24)14-15-3-5-17(21)6-4-15/h3-6,11-13,25H,7-10,14H2,1-2H3/b22-13+. The summed E-state index contributed by atoms with van der Waals surface area (Å²) < 4.78 is 10.4. The molecular weight excluding hydrogens is 366 g/mol. The zero-order chi connectivity index (χ0) is 19.2. The number of hydrogen-bond acceptors (Lipinski definition) is 6.